The number of hydrogen-bond donors (Lipinski definition) is 1. The van der Waals surface area contributed by atoms with Crippen LogP contribution in [0.3, 0.4) is 0 Å². The molecule has 1 rings (SSSR count). The molecule has 0 aliphatic heterocycles. The van der Waals surface area contributed by atoms with Crippen molar-refractivity contribution < 1.29 is 18.7 Å². The molecule has 1 aromatic rings. The molecule has 0 atom stereocenters. The van der Waals surface area contributed by atoms with Gasteiger partial charge in [0.15, 0.2) is 11.6 Å². The van der Waals surface area contributed by atoms with Gasteiger partial charge in [0.05, 0.1) is 5.56 Å². The fourth-order valence-corrected chi connectivity index (χ4v) is 0.815. The Hall–Kier alpha value is -1.89. The molecule has 0 radical (unpaired) electrons. The van der Waals surface area contributed by atoms with Crippen LogP contribution >= 0.6 is 0 Å². The van der Waals surface area contributed by atoms with Gasteiger partial charge in [-0.1, -0.05) is 17.9 Å². The number of carboxylic acids is 1. The molecule has 0 saturated carbocycles. The van der Waals surface area contributed by atoms with E-state index < -0.39 is 24.0 Å². The second kappa shape index (κ2) is 4.38. The molecule has 14 heavy (non-hydrogen) atoms. The van der Waals surface area contributed by atoms with E-state index in [1.54, 1.807) is 0 Å². The lowest BCUT2D eigenvalue weighted by Gasteiger charge is -1.93. The van der Waals surface area contributed by atoms with Gasteiger partial charge >= 0.3 is 5.97 Å². The minimum atomic E-state index is -1.10. The molecule has 0 saturated heterocycles. The van der Waals surface area contributed by atoms with Gasteiger partial charge in [0.2, 0.25) is 0 Å². The van der Waals surface area contributed by atoms with Crippen molar-refractivity contribution in [1.29, 1.82) is 0 Å². The van der Waals surface area contributed by atoms with Gasteiger partial charge in [0, 0.05) is 0 Å². The van der Waals surface area contributed by atoms with Gasteiger partial charge in [-0.3, -0.25) is 4.79 Å². The van der Waals surface area contributed by atoms with Crippen LogP contribution in [0.5, 0.6) is 0 Å². The van der Waals surface area contributed by atoms with Crippen LogP contribution in [0.2, 0.25) is 0 Å². The zero-order chi connectivity index (χ0) is 10.6. The topological polar surface area (TPSA) is 37.3 Å². The van der Waals surface area contributed by atoms with Crippen LogP contribution in [0, 0.1) is 23.5 Å². The number of carbonyl (C=O) groups is 1. The maximum atomic E-state index is 12.9. The SMILES string of the molecule is O=C(O)CC#Cc1cccc(F)c1F. The highest BCUT2D eigenvalue weighted by Gasteiger charge is 2.04. The molecule has 0 aromatic heterocycles. The van der Waals surface area contributed by atoms with Gasteiger partial charge in [-0.15, -0.1) is 0 Å². The van der Waals surface area contributed by atoms with E-state index in [2.05, 4.69) is 11.8 Å². The largest absolute Gasteiger partial charge is 0.481 e. The number of benzene rings is 1. The number of rotatable bonds is 1. The second-order valence-corrected chi connectivity index (χ2v) is 2.47. The minimum absolute atomic E-state index is 0.133. The van der Waals surface area contributed by atoms with Crippen LogP contribution in [-0.2, 0) is 4.79 Å². The number of carboxylic acid groups (broad SMARTS) is 1. The van der Waals surface area contributed by atoms with Crippen molar-refractivity contribution in [2.75, 3.05) is 0 Å². The van der Waals surface area contributed by atoms with Crippen molar-refractivity contribution in [3.05, 3.63) is 35.4 Å². The molecular weight excluding hydrogens is 190 g/mol. The summed E-state index contributed by atoms with van der Waals surface area (Å²) >= 11 is 0. The summed E-state index contributed by atoms with van der Waals surface area (Å²) in [5.41, 5.74) is -0.133. The van der Waals surface area contributed by atoms with E-state index in [-0.39, 0.29) is 5.56 Å². The van der Waals surface area contributed by atoms with Gasteiger partial charge in [0.25, 0.3) is 0 Å². The van der Waals surface area contributed by atoms with E-state index >= 15 is 0 Å². The van der Waals surface area contributed by atoms with Crippen molar-refractivity contribution in [2.24, 2.45) is 0 Å². The normalized spacial score (nSPS) is 9.00. The molecule has 0 unspecified atom stereocenters. The molecule has 0 fully saturated rings. The highest BCUT2D eigenvalue weighted by Crippen LogP contribution is 2.09. The van der Waals surface area contributed by atoms with Gasteiger partial charge in [-0.2, -0.15) is 0 Å². The van der Waals surface area contributed by atoms with Crippen LogP contribution < -0.4 is 0 Å². The third-order valence-electron chi connectivity index (χ3n) is 1.41. The van der Waals surface area contributed by atoms with E-state index in [0.717, 1.165) is 6.07 Å². The third-order valence-corrected chi connectivity index (χ3v) is 1.41. The fourth-order valence-electron chi connectivity index (χ4n) is 0.815. The first kappa shape index (κ1) is 10.2. The summed E-state index contributed by atoms with van der Waals surface area (Å²) < 4.78 is 25.5. The van der Waals surface area contributed by atoms with Crippen molar-refractivity contribution in [3.63, 3.8) is 0 Å². The Bertz CT molecular complexity index is 416. The number of halogens is 2. The first-order chi connectivity index (χ1) is 6.61. The summed E-state index contributed by atoms with van der Waals surface area (Å²) in [5.74, 6) is 1.31. The average molecular weight is 196 g/mol. The summed E-state index contributed by atoms with van der Waals surface area (Å²) in [7, 11) is 0. The van der Waals surface area contributed by atoms with Gasteiger partial charge in [-0.25, -0.2) is 8.78 Å². The van der Waals surface area contributed by atoms with Crippen molar-refractivity contribution in [2.45, 2.75) is 6.42 Å². The van der Waals surface area contributed by atoms with Crippen molar-refractivity contribution >= 4 is 5.97 Å². The van der Waals surface area contributed by atoms with Crippen LogP contribution in [0.15, 0.2) is 18.2 Å². The van der Waals surface area contributed by atoms with E-state index in [9.17, 15) is 13.6 Å². The molecule has 0 aliphatic carbocycles. The van der Waals surface area contributed by atoms with Gasteiger partial charge in [-0.05, 0) is 12.1 Å². The molecule has 2 nitrogen and oxygen atoms in total. The summed E-state index contributed by atoms with van der Waals surface area (Å²) in [6, 6.07) is 3.56. The first-order valence-corrected chi connectivity index (χ1v) is 3.76. The Morgan fingerprint density at radius 2 is 2.14 bits per heavy atom. The molecule has 1 N–H and O–H groups in total. The standard InChI is InChI=1S/C10H6F2O2/c11-8-5-1-3-7(10(8)12)4-2-6-9(13)14/h1,3,5H,6H2,(H,13,14). The van der Waals surface area contributed by atoms with Crippen LogP contribution in [0.1, 0.15) is 12.0 Å². The monoisotopic (exact) mass is 196 g/mol. The molecule has 1 aromatic carbocycles. The van der Waals surface area contributed by atoms with Crippen LogP contribution in [0.4, 0.5) is 8.78 Å². The lowest BCUT2D eigenvalue weighted by Crippen LogP contribution is -1.92. The molecule has 72 valence electrons. The van der Waals surface area contributed by atoms with Gasteiger partial charge < -0.3 is 5.11 Å². The predicted molar refractivity (Wildman–Crippen MR) is 45.5 cm³/mol. The molecular formula is C10H6F2O2. The summed E-state index contributed by atoms with van der Waals surface area (Å²) in [6.07, 6.45) is -0.393. The lowest BCUT2D eigenvalue weighted by molar-refractivity contribution is -0.135. The Kier molecular flexibility index (Phi) is 3.19. The summed E-state index contributed by atoms with van der Waals surface area (Å²) in [4.78, 5) is 10.1. The molecule has 0 heterocycles. The fraction of sp³-hybridized carbons (Fsp3) is 0.100. The second-order valence-electron chi connectivity index (χ2n) is 2.47. The Morgan fingerprint density at radius 1 is 1.43 bits per heavy atom. The third kappa shape index (κ3) is 2.56. The molecule has 0 spiro atoms. The van der Waals surface area contributed by atoms with Crippen molar-refractivity contribution in [3.8, 4) is 11.8 Å². The minimum Gasteiger partial charge on any atom is -0.481 e. The van der Waals surface area contributed by atoms with Crippen LogP contribution in [0.25, 0.3) is 0 Å². The zero-order valence-electron chi connectivity index (χ0n) is 7.05. The summed E-state index contributed by atoms with van der Waals surface area (Å²) in [6.45, 7) is 0. The van der Waals surface area contributed by atoms with E-state index in [4.69, 9.17) is 5.11 Å². The maximum Gasteiger partial charge on any atom is 0.315 e. The Morgan fingerprint density at radius 3 is 2.79 bits per heavy atom. The lowest BCUT2D eigenvalue weighted by atomic mass is 10.2. The molecule has 4 heteroatoms. The molecule has 0 bridgehead atoms. The quantitative estimate of drug-likeness (QED) is 0.695. The van der Waals surface area contributed by atoms with E-state index in [0.29, 0.717) is 0 Å². The van der Waals surface area contributed by atoms with Crippen molar-refractivity contribution in [1.82, 2.24) is 0 Å². The number of aliphatic carboxylic acids is 1. The molecule has 0 aliphatic rings. The first-order valence-electron chi connectivity index (χ1n) is 3.76. The van der Waals surface area contributed by atoms with E-state index in [1.165, 1.54) is 12.1 Å². The number of hydrogen-bond acceptors (Lipinski definition) is 1. The van der Waals surface area contributed by atoms with Gasteiger partial charge in [0.1, 0.15) is 6.42 Å². The average Bonchev–Trinajstić information content (AvgIpc) is 2.12. The predicted octanol–water partition coefficient (Wildman–Crippen LogP) is 1.79. The Balaban J connectivity index is 2.90. The zero-order valence-corrected chi connectivity index (χ0v) is 7.05. The Labute approximate surface area is 79.2 Å². The highest BCUT2D eigenvalue weighted by atomic mass is 19.2. The maximum absolute atomic E-state index is 12.9. The summed E-state index contributed by atoms with van der Waals surface area (Å²) in [5, 5.41) is 8.25. The molecule has 0 amide bonds. The highest BCUT2D eigenvalue weighted by molar-refractivity contribution is 5.70. The smallest absolute Gasteiger partial charge is 0.315 e. The van der Waals surface area contributed by atoms with Crippen LogP contribution in [-0.4, -0.2) is 11.1 Å². The van der Waals surface area contributed by atoms with E-state index in [1.807, 2.05) is 0 Å².